The van der Waals surface area contributed by atoms with Gasteiger partial charge in [0.2, 0.25) is 0 Å². The van der Waals surface area contributed by atoms with Gasteiger partial charge >= 0.3 is 0 Å². The van der Waals surface area contributed by atoms with Crippen LogP contribution in [0.2, 0.25) is 0 Å². The Labute approximate surface area is 127 Å². The molecule has 1 aliphatic carbocycles. The normalized spacial score (nSPS) is 19.3. The standard InChI is InChI=1S/C17H28N2O2/c1-13(10-14-6-4-5-7-16(14)21-3)19(2)11-17(18,12-20)15-8-9-15/h4-7,13,15,20H,8-12,18H2,1-3H3. The Bertz CT molecular complexity index is 462. The van der Waals surface area contributed by atoms with Crippen molar-refractivity contribution in [2.45, 2.75) is 37.8 Å². The summed E-state index contributed by atoms with van der Waals surface area (Å²) in [5.74, 6) is 1.41. The minimum Gasteiger partial charge on any atom is -0.496 e. The van der Waals surface area contributed by atoms with Crippen molar-refractivity contribution < 1.29 is 9.84 Å². The van der Waals surface area contributed by atoms with Crippen molar-refractivity contribution in [3.8, 4) is 5.75 Å². The van der Waals surface area contributed by atoms with Crippen molar-refractivity contribution in [3.63, 3.8) is 0 Å². The van der Waals surface area contributed by atoms with Gasteiger partial charge in [0.05, 0.1) is 19.3 Å². The molecule has 0 aliphatic heterocycles. The quantitative estimate of drug-likeness (QED) is 0.765. The summed E-state index contributed by atoms with van der Waals surface area (Å²) in [4.78, 5) is 2.25. The van der Waals surface area contributed by atoms with Crippen LogP contribution in [-0.4, -0.2) is 48.9 Å². The highest BCUT2D eigenvalue weighted by molar-refractivity contribution is 5.33. The molecule has 1 aromatic carbocycles. The lowest BCUT2D eigenvalue weighted by Crippen LogP contribution is -2.55. The maximum atomic E-state index is 9.63. The predicted molar refractivity (Wildman–Crippen MR) is 85.5 cm³/mol. The summed E-state index contributed by atoms with van der Waals surface area (Å²) in [5.41, 5.74) is 7.13. The second-order valence-corrected chi connectivity index (χ2v) is 6.45. The first-order valence-electron chi connectivity index (χ1n) is 7.72. The Hall–Kier alpha value is -1.10. The van der Waals surface area contributed by atoms with Crippen LogP contribution in [0.3, 0.4) is 0 Å². The van der Waals surface area contributed by atoms with E-state index < -0.39 is 5.54 Å². The predicted octanol–water partition coefficient (Wildman–Crippen LogP) is 1.66. The van der Waals surface area contributed by atoms with Crippen molar-refractivity contribution in [2.24, 2.45) is 11.7 Å². The maximum Gasteiger partial charge on any atom is 0.122 e. The van der Waals surface area contributed by atoms with Crippen LogP contribution >= 0.6 is 0 Å². The number of methoxy groups -OCH3 is 1. The van der Waals surface area contributed by atoms with Gasteiger partial charge in [-0.1, -0.05) is 18.2 Å². The average molecular weight is 292 g/mol. The summed E-state index contributed by atoms with van der Waals surface area (Å²) < 4.78 is 5.41. The zero-order valence-electron chi connectivity index (χ0n) is 13.4. The SMILES string of the molecule is COc1ccccc1CC(C)N(C)CC(N)(CO)C1CC1. The van der Waals surface area contributed by atoms with Crippen LogP contribution in [0.15, 0.2) is 24.3 Å². The second kappa shape index (κ2) is 6.77. The van der Waals surface area contributed by atoms with E-state index in [1.54, 1.807) is 7.11 Å². The number of rotatable bonds is 8. The molecule has 21 heavy (non-hydrogen) atoms. The van der Waals surface area contributed by atoms with E-state index in [9.17, 15) is 5.11 Å². The van der Waals surface area contributed by atoms with E-state index in [2.05, 4.69) is 24.9 Å². The molecule has 1 aromatic rings. The highest BCUT2D eigenvalue weighted by Crippen LogP contribution is 2.38. The lowest BCUT2D eigenvalue weighted by Gasteiger charge is -2.35. The zero-order valence-corrected chi connectivity index (χ0v) is 13.4. The summed E-state index contributed by atoms with van der Waals surface area (Å²) in [7, 11) is 3.79. The number of nitrogens with two attached hydrogens (primary N) is 1. The Kier molecular flexibility index (Phi) is 5.25. The molecule has 0 saturated heterocycles. The molecule has 1 saturated carbocycles. The van der Waals surface area contributed by atoms with Gasteiger partial charge in [-0.3, -0.25) is 0 Å². The fraction of sp³-hybridized carbons (Fsp3) is 0.647. The number of ether oxygens (including phenoxy) is 1. The van der Waals surface area contributed by atoms with Crippen molar-refractivity contribution in [1.29, 1.82) is 0 Å². The van der Waals surface area contributed by atoms with E-state index >= 15 is 0 Å². The summed E-state index contributed by atoms with van der Waals surface area (Å²) in [6.07, 6.45) is 3.20. The topological polar surface area (TPSA) is 58.7 Å². The summed E-state index contributed by atoms with van der Waals surface area (Å²) in [5, 5.41) is 9.63. The number of aliphatic hydroxyl groups excluding tert-OH is 1. The minimum atomic E-state index is -0.455. The summed E-state index contributed by atoms with van der Waals surface area (Å²) in [6.45, 7) is 2.98. The third kappa shape index (κ3) is 3.96. The van der Waals surface area contributed by atoms with Gasteiger partial charge in [0.25, 0.3) is 0 Å². The molecule has 2 atom stereocenters. The monoisotopic (exact) mass is 292 g/mol. The smallest absolute Gasteiger partial charge is 0.122 e. The first kappa shape index (κ1) is 16.3. The van der Waals surface area contributed by atoms with Crippen LogP contribution in [-0.2, 0) is 6.42 Å². The molecule has 0 spiro atoms. The number of likely N-dealkylation sites (N-methyl/N-ethyl adjacent to an activating group) is 1. The first-order chi connectivity index (χ1) is 10.00. The molecule has 0 heterocycles. The molecule has 0 bridgehead atoms. The number of hydrogen-bond donors (Lipinski definition) is 2. The minimum absolute atomic E-state index is 0.0589. The fourth-order valence-electron chi connectivity index (χ4n) is 2.93. The Morgan fingerprint density at radius 1 is 1.43 bits per heavy atom. The third-order valence-corrected chi connectivity index (χ3v) is 4.69. The van der Waals surface area contributed by atoms with Crippen LogP contribution < -0.4 is 10.5 Å². The van der Waals surface area contributed by atoms with Gasteiger partial charge in [0.15, 0.2) is 0 Å². The van der Waals surface area contributed by atoms with Gasteiger partial charge in [-0.05, 0) is 50.8 Å². The molecule has 1 aliphatic rings. The molecule has 3 N–H and O–H groups in total. The van der Waals surface area contributed by atoms with Crippen LogP contribution in [0.1, 0.15) is 25.3 Å². The van der Waals surface area contributed by atoms with Crippen molar-refractivity contribution >= 4 is 0 Å². The lowest BCUT2D eigenvalue weighted by molar-refractivity contribution is 0.116. The number of para-hydroxylation sites is 1. The van der Waals surface area contributed by atoms with Gasteiger partial charge in [-0.15, -0.1) is 0 Å². The van der Waals surface area contributed by atoms with E-state index in [-0.39, 0.29) is 6.61 Å². The van der Waals surface area contributed by atoms with E-state index in [1.807, 2.05) is 18.2 Å². The highest BCUT2D eigenvalue weighted by Gasteiger charge is 2.42. The van der Waals surface area contributed by atoms with Gasteiger partial charge in [0, 0.05) is 12.6 Å². The molecule has 1 fully saturated rings. The Morgan fingerprint density at radius 2 is 2.10 bits per heavy atom. The summed E-state index contributed by atoms with van der Waals surface area (Å²) >= 11 is 0. The van der Waals surface area contributed by atoms with Crippen LogP contribution in [0.4, 0.5) is 0 Å². The zero-order chi connectivity index (χ0) is 15.5. The maximum absolute atomic E-state index is 9.63. The van der Waals surface area contributed by atoms with E-state index in [0.29, 0.717) is 12.0 Å². The second-order valence-electron chi connectivity index (χ2n) is 6.45. The number of hydrogen-bond acceptors (Lipinski definition) is 4. The fourth-order valence-corrected chi connectivity index (χ4v) is 2.93. The molecule has 118 valence electrons. The van der Waals surface area contributed by atoms with Crippen LogP contribution in [0, 0.1) is 5.92 Å². The molecular formula is C17H28N2O2. The largest absolute Gasteiger partial charge is 0.496 e. The van der Waals surface area contributed by atoms with Gasteiger partial charge in [0.1, 0.15) is 5.75 Å². The molecule has 4 nitrogen and oxygen atoms in total. The molecule has 0 radical (unpaired) electrons. The Balaban J connectivity index is 1.97. The molecular weight excluding hydrogens is 264 g/mol. The van der Waals surface area contributed by atoms with Crippen molar-refractivity contribution in [3.05, 3.63) is 29.8 Å². The molecule has 0 amide bonds. The lowest BCUT2D eigenvalue weighted by atomic mass is 9.94. The molecule has 2 unspecified atom stereocenters. The number of nitrogens with zero attached hydrogens (tertiary/aromatic N) is 1. The number of aliphatic hydroxyl groups is 1. The van der Waals surface area contributed by atoms with Crippen molar-refractivity contribution in [1.82, 2.24) is 4.90 Å². The summed E-state index contributed by atoms with van der Waals surface area (Å²) in [6, 6.07) is 8.46. The molecule has 0 aromatic heterocycles. The van der Waals surface area contributed by atoms with E-state index in [4.69, 9.17) is 10.5 Å². The highest BCUT2D eigenvalue weighted by atomic mass is 16.5. The van der Waals surface area contributed by atoms with Gasteiger partial charge in [-0.2, -0.15) is 0 Å². The number of benzene rings is 1. The molecule has 4 heteroatoms. The average Bonchev–Trinajstić information content (AvgIpc) is 3.32. The Morgan fingerprint density at radius 3 is 2.67 bits per heavy atom. The molecule has 2 rings (SSSR count). The van der Waals surface area contributed by atoms with Crippen LogP contribution in [0.5, 0.6) is 5.75 Å². The van der Waals surface area contributed by atoms with Crippen LogP contribution in [0.25, 0.3) is 0 Å². The van der Waals surface area contributed by atoms with Crippen molar-refractivity contribution in [2.75, 3.05) is 27.3 Å². The van der Waals surface area contributed by atoms with Gasteiger partial charge in [-0.25, -0.2) is 0 Å². The van der Waals surface area contributed by atoms with E-state index in [0.717, 1.165) is 31.6 Å². The first-order valence-corrected chi connectivity index (χ1v) is 7.72. The van der Waals surface area contributed by atoms with E-state index in [1.165, 1.54) is 5.56 Å². The third-order valence-electron chi connectivity index (χ3n) is 4.69. The van der Waals surface area contributed by atoms with Gasteiger partial charge < -0.3 is 20.5 Å².